The van der Waals surface area contributed by atoms with E-state index < -0.39 is 23.2 Å². The molecule has 1 heterocycles. The third kappa shape index (κ3) is 1.63. The van der Waals surface area contributed by atoms with Gasteiger partial charge in [0.15, 0.2) is 11.5 Å². The average molecular weight is 181 g/mol. The van der Waals surface area contributed by atoms with Crippen LogP contribution in [0.15, 0.2) is 16.9 Å². The Morgan fingerprint density at radius 1 is 1.25 bits per heavy atom. The van der Waals surface area contributed by atoms with Crippen molar-refractivity contribution in [3.8, 4) is 0 Å². The van der Waals surface area contributed by atoms with Gasteiger partial charge in [0.05, 0.1) is 0 Å². The van der Waals surface area contributed by atoms with Gasteiger partial charge in [-0.2, -0.15) is 13.2 Å². The zero-order valence-electron chi connectivity index (χ0n) is 5.57. The zero-order valence-corrected chi connectivity index (χ0v) is 5.57. The fourth-order valence-electron chi connectivity index (χ4n) is 0.663. The first-order valence-corrected chi connectivity index (χ1v) is 2.87. The third-order valence-electron chi connectivity index (χ3n) is 1.15. The number of aromatic amines is 1. The van der Waals surface area contributed by atoms with Crippen LogP contribution in [0.4, 0.5) is 17.6 Å². The summed E-state index contributed by atoms with van der Waals surface area (Å²) in [6, 6.07) is 1.16. The van der Waals surface area contributed by atoms with E-state index in [1.54, 1.807) is 0 Å². The molecule has 0 fully saturated rings. The smallest absolute Gasteiger partial charge is 0.316 e. The molecule has 6 heteroatoms. The highest BCUT2D eigenvalue weighted by Crippen LogP contribution is 2.28. The predicted octanol–water partition coefficient (Wildman–Crippen LogP) is 1.53. The highest BCUT2D eigenvalue weighted by Gasteiger charge is 2.35. The first-order chi connectivity index (χ1) is 5.41. The Kier molecular flexibility index (Phi) is 1.91. The number of halogens is 4. The molecule has 0 aliphatic heterocycles. The maximum atomic E-state index is 12.4. The lowest BCUT2D eigenvalue weighted by Gasteiger charge is -2.05. The number of rotatable bonds is 0. The standard InChI is InChI=1S/C6H3F4NO/c7-3-1-2-4(12)11-5(3)6(8,9)10/h1-2H,(H,11,12). The molecule has 2 nitrogen and oxygen atoms in total. The zero-order chi connectivity index (χ0) is 9.35. The summed E-state index contributed by atoms with van der Waals surface area (Å²) in [4.78, 5) is 11.7. The van der Waals surface area contributed by atoms with Crippen LogP contribution in [0.5, 0.6) is 0 Å². The van der Waals surface area contributed by atoms with Crippen LogP contribution in [0.1, 0.15) is 5.69 Å². The second-order valence-corrected chi connectivity index (χ2v) is 2.04. The van der Waals surface area contributed by atoms with E-state index in [0.29, 0.717) is 12.1 Å². The molecular formula is C6H3F4NO. The fraction of sp³-hybridized carbons (Fsp3) is 0.167. The van der Waals surface area contributed by atoms with Crippen molar-refractivity contribution in [2.24, 2.45) is 0 Å². The van der Waals surface area contributed by atoms with E-state index in [1.807, 2.05) is 0 Å². The van der Waals surface area contributed by atoms with Crippen LogP contribution in [0.25, 0.3) is 0 Å². The highest BCUT2D eigenvalue weighted by molar-refractivity contribution is 5.10. The van der Waals surface area contributed by atoms with E-state index in [0.717, 1.165) is 0 Å². The minimum absolute atomic E-state index is 0.474. The number of aromatic nitrogens is 1. The maximum absolute atomic E-state index is 12.4. The Bertz CT molecular complexity index is 340. The molecule has 1 aromatic rings. The normalized spacial score (nSPS) is 11.7. The van der Waals surface area contributed by atoms with Crippen molar-refractivity contribution in [3.63, 3.8) is 0 Å². The Balaban J connectivity index is 3.33. The fourth-order valence-corrected chi connectivity index (χ4v) is 0.663. The number of H-pyrrole nitrogens is 1. The summed E-state index contributed by atoms with van der Waals surface area (Å²) in [6.45, 7) is 0. The van der Waals surface area contributed by atoms with Gasteiger partial charge in [0.1, 0.15) is 0 Å². The minimum atomic E-state index is -4.86. The van der Waals surface area contributed by atoms with Crippen molar-refractivity contribution in [1.29, 1.82) is 0 Å². The van der Waals surface area contributed by atoms with Crippen LogP contribution in [0.3, 0.4) is 0 Å². The van der Waals surface area contributed by atoms with E-state index in [9.17, 15) is 22.4 Å². The molecule has 0 saturated carbocycles. The monoisotopic (exact) mass is 181 g/mol. The van der Waals surface area contributed by atoms with Crippen LogP contribution in [0, 0.1) is 5.82 Å². The van der Waals surface area contributed by atoms with Crippen LogP contribution >= 0.6 is 0 Å². The van der Waals surface area contributed by atoms with Gasteiger partial charge in [-0.25, -0.2) is 4.39 Å². The molecule has 0 aromatic carbocycles. The van der Waals surface area contributed by atoms with Crippen LogP contribution in [0.2, 0.25) is 0 Å². The number of nitrogens with one attached hydrogen (secondary N) is 1. The molecule has 0 bridgehead atoms. The Hall–Kier alpha value is -1.33. The number of hydrogen-bond donors (Lipinski definition) is 1. The largest absolute Gasteiger partial charge is 0.434 e. The van der Waals surface area contributed by atoms with Crippen molar-refractivity contribution in [1.82, 2.24) is 4.98 Å². The van der Waals surface area contributed by atoms with Crippen molar-refractivity contribution in [2.75, 3.05) is 0 Å². The maximum Gasteiger partial charge on any atom is 0.434 e. The molecular weight excluding hydrogens is 178 g/mol. The summed E-state index contributed by atoms with van der Waals surface area (Å²) in [7, 11) is 0. The topological polar surface area (TPSA) is 32.9 Å². The van der Waals surface area contributed by atoms with E-state index in [-0.39, 0.29) is 0 Å². The summed E-state index contributed by atoms with van der Waals surface area (Å²) in [5.41, 5.74) is -2.63. The summed E-state index contributed by atoms with van der Waals surface area (Å²) in [5, 5.41) is 0. The summed E-state index contributed by atoms with van der Waals surface area (Å²) < 4.78 is 47.8. The molecule has 0 unspecified atom stereocenters. The van der Waals surface area contributed by atoms with Gasteiger partial charge in [-0.05, 0) is 6.07 Å². The van der Waals surface area contributed by atoms with E-state index in [2.05, 4.69) is 0 Å². The van der Waals surface area contributed by atoms with Gasteiger partial charge in [-0.3, -0.25) is 4.79 Å². The van der Waals surface area contributed by atoms with Crippen LogP contribution in [-0.4, -0.2) is 4.98 Å². The van der Waals surface area contributed by atoms with Crippen LogP contribution in [-0.2, 0) is 6.18 Å². The van der Waals surface area contributed by atoms with Gasteiger partial charge in [-0.1, -0.05) is 0 Å². The molecule has 0 aliphatic rings. The molecule has 1 rings (SSSR count). The third-order valence-corrected chi connectivity index (χ3v) is 1.15. The summed E-state index contributed by atoms with van der Waals surface area (Å²) >= 11 is 0. The van der Waals surface area contributed by atoms with Crippen LogP contribution < -0.4 is 5.56 Å². The molecule has 0 saturated heterocycles. The average Bonchev–Trinajstić information content (AvgIpc) is 1.92. The molecule has 1 N–H and O–H groups in total. The number of pyridine rings is 1. The first kappa shape index (κ1) is 8.76. The Morgan fingerprint density at radius 2 is 1.83 bits per heavy atom. The van der Waals surface area contributed by atoms with Gasteiger partial charge in [-0.15, -0.1) is 0 Å². The van der Waals surface area contributed by atoms with Gasteiger partial charge >= 0.3 is 6.18 Å². The molecule has 0 amide bonds. The quantitative estimate of drug-likeness (QED) is 0.605. The Labute approximate surface area is 63.8 Å². The van der Waals surface area contributed by atoms with E-state index in [4.69, 9.17) is 0 Å². The van der Waals surface area contributed by atoms with E-state index in [1.165, 1.54) is 4.98 Å². The van der Waals surface area contributed by atoms with Crippen molar-refractivity contribution in [3.05, 3.63) is 34.0 Å². The highest BCUT2D eigenvalue weighted by atomic mass is 19.4. The van der Waals surface area contributed by atoms with Gasteiger partial charge in [0.25, 0.3) is 0 Å². The van der Waals surface area contributed by atoms with Gasteiger partial charge < -0.3 is 4.98 Å². The van der Waals surface area contributed by atoms with Gasteiger partial charge in [0.2, 0.25) is 5.56 Å². The molecule has 12 heavy (non-hydrogen) atoms. The molecule has 66 valence electrons. The summed E-state index contributed by atoms with van der Waals surface area (Å²) in [5.74, 6) is -1.48. The van der Waals surface area contributed by atoms with Crippen molar-refractivity contribution >= 4 is 0 Å². The van der Waals surface area contributed by atoms with Crippen molar-refractivity contribution in [2.45, 2.75) is 6.18 Å². The first-order valence-electron chi connectivity index (χ1n) is 2.87. The SMILES string of the molecule is O=c1ccc(F)c(C(F)(F)F)[nH]1. The lowest BCUT2D eigenvalue weighted by atomic mass is 10.3. The second-order valence-electron chi connectivity index (χ2n) is 2.04. The molecule has 0 atom stereocenters. The lowest BCUT2D eigenvalue weighted by Crippen LogP contribution is -2.17. The molecule has 0 aliphatic carbocycles. The Morgan fingerprint density at radius 3 is 2.25 bits per heavy atom. The summed E-state index contributed by atoms with van der Waals surface area (Å²) in [6.07, 6.45) is -4.86. The van der Waals surface area contributed by atoms with Crippen molar-refractivity contribution < 1.29 is 17.6 Å². The predicted molar refractivity (Wildman–Crippen MR) is 32.0 cm³/mol. The lowest BCUT2D eigenvalue weighted by molar-refractivity contribution is -0.143. The number of alkyl halides is 3. The minimum Gasteiger partial charge on any atom is -0.316 e. The second kappa shape index (κ2) is 2.62. The van der Waals surface area contributed by atoms with E-state index >= 15 is 0 Å². The molecule has 0 radical (unpaired) electrons. The molecule has 1 aromatic heterocycles. The molecule has 0 spiro atoms. The van der Waals surface area contributed by atoms with Gasteiger partial charge in [0, 0.05) is 6.07 Å². The number of hydrogen-bond acceptors (Lipinski definition) is 1.